The molecule has 0 spiro atoms. The molecule has 194 valence electrons. The average molecular weight is 504 g/mol. The van der Waals surface area contributed by atoms with E-state index in [4.69, 9.17) is 15.2 Å². The molecule has 0 rings (SSSR count). The molecule has 0 fully saturated rings. The first-order chi connectivity index (χ1) is 16.1. The highest BCUT2D eigenvalue weighted by molar-refractivity contribution is 8.13. The average Bonchev–Trinajstić information content (AvgIpc) is 2.84. The smallest absolute Gasteiger partial charge is 0.325 e. The molecule has 0 aliphatic rings. The molecule has 0 bridgehead atoms. The Balaban J connectivity index is 5.50. The van der Waals surface area contributed by atoms with Crippen LogP contribution in [0.25, 0.3) is 0 Å². The maximum absolute atomic E-state index is 13.0. The van der Waals surface area contributed by atoms with Crippen LogP contribution in [0.3, 0.4) is 0 Å². The van der Waals surface area contributed by atoms with Gasteiger partial charge in [0, 0.05) is 25.0 Å². The summed E-state index contributed by atoms with van der Waals surface area (Å²) in [5, 5.41) is 2.15. The number of ether oxygens (including phenoxy) is 2. The van der Waals surface area contributed by atoms with Crippen LogP contribution in [0.4, 0.5) is 0 Å². The predicted octanol–water partition coefficient (Wildman–Crippen LogP) is 0.920. The zero-order valence-electron chi connectivity index (χ0n) is 20.4. The van der Waals surface area contributed by atoms with Crippen molar-refractivity contribution >= 4 is 46.5 Å². The van der Waals surface area contributed by atoms with Crippen LogP contribution < -0.4 is 11.1 Å². The number of carbonyl (C=O) groups excluding carboxylic acids is 6. The number of esters is 2. The van der Waals surface area contributed by atoms with Crippen LogP contribution in [-0.4, -0.2) is 77.3 Å². The first-order valence-corrected chi connectivity index (χ1v) is 12.5. The highest BCUT2D eigenvalue weighted by atomic mass is 32.2. The van der Waals surface area contributed by atoms with Gasteiger partial charge in [0.1, 0.15) is 18.6 Å². The third-order valence-corrected chi connectivity index (χ3v) is 5.53. The zero-order valence-corrected chi connectivity index (χ0v) is 21.2. The van der Waals surface area contributed by atoms with Crippen LogP contribution in [0.5, 0.6) is 0 Å². The third kappa shape index (κ3) is 12.1. The van der Waals surface area contributed by atoms with Crippen molar-refractivity contribution in [1.82, 2.24) is 10.2 Å². The van der Waals surface area contributed by atoms with E-state index in [-0.39, 0.29) is 49.8 Å². The van der Waals surface area contributed by atoms with E-state index in [9.17, 15) is 28.8 Å². The molecular formula is C22H37N3O8S. The number of carbonyl (C=O) groups is 6. The van der Waals surface area contributed by atoms with E-state index >= 15 is 0 Å². The highest BCUT2D eigenvalue weighted by Crippen LogP contribution is 2.16. The lowest BCUT2D eigenvalue weighted by Crippen LogP contribution is -2.54. The third-order valence-electron chi connectivity index (χ3n) is 4.44. The monoisotopic (exact) mass is 503 g/mol. The van der Waals surface area contributed by atoms with Gasteiger partial charge >= 0.3 is 11.9 Å². The Morgan fingerprint density at radius 1 is 0.912 bits per heavy atom. The number of nitrogens with one attached hydrogen (secondary N) is 1. The first kappa shape index (κ1) is 31.5. The Morgan fingerprint density at radius 2 is 1.53 bits per heavy atom. The summed E-state index contributed by atoms with van der Waals surface area (Å²) in [5.41, 5.74) is 5.78. The molecule has 2 atom stereocenters. The fourth-order valence-electron chi connectivity index (χ4n) is 2.57. The van der Waals surface area contributed by atoms with Crippen LogP contribution in [0, 0.1) is 0 Å². The Hall–Kier alpha value is -2.47. The number of nitrogens with zero attached hydrogens (tertiary/aromatic N) is 1. The fourth-order valence-corrected chi connectivity index (χ4v) is 3.42. The molecule has 0 aromatic rings. The fraction of sp³-hybridized carbons (Fsp3) is 0.727. The zero-order chi connectivity index (χ0) is 26.1. The lowest BCUT2D eigenvalue weighted by atomic mass is 10.1. The molecule has 0 aromatic heterocycles. The summed E-state index contributed by atoms with van der Waals surface area (Å²) < 4.78 is 9.87. The molecule has 34 heavy (non-hydrogen) atoms. The normalized spacial score (nSPS) is 12.3. The summed E-state index contributed by atoms with van der Waals surface area (Å²) in [5.74, 6) is -3.62. The number of rotatable bonds is 16. The summed E-state index contributed by atoms with van der Waals surface area (Å²) in [6.07, 6.45) is 0.973. The molecule has 11 nitrogen and oxygen atoms in total. The Labute approximate surface area is 204 Å². The number of imide groups is 1. The Bertz CT molecular complexity index is 716. The van der Waals surface area contributed by atoms with Crippen LogP contribution in [0.1, 0.15) is 66.2 Å². The van der Waals surface area contributed by atoms with Crippen LogP contribution in [-0.2, 0) is 38.2 Å². The second kappa shape index (κ2) is 17.9. The van der Waals surface area contributed by atoms with E-state index < -0.39 is 48.3 Å². The van der Waals surface area contributed by atoms with Crippen molar-refractivity contribution in [2.75, 3.05) is 25.5 Å². The molecule has 0 aromatic carbocycles. The van der Waals surface area contributed by atoms with E-state index in [1.807, 2.05) is 13.8 Å². The van der Waals surface area contributed by atoms with Crippen molar-refractivity contribution in [3.8, 4) is 0 Å². The molecule has 0 saturated heterocycles. The van der Waals surface area contributed by atoms with Gasteiger partial charge in [-0.25, -0.2) is 0 Å². The van der Waals surface area contributed by atoms with Gasteiger partial charge in [-0.2, -0.15) is 0 Å². The highest BCUT2D eigenvalue weighted by Gasteiger charge is 2.35. The van der Waals surface area contributed by atoms with Gasteiger partial charge in [0.2, 0.25) is 17.7 Å². The van der Waals surface area contributed by atoms with Gasteiger partial charge in [-0.3, -0.25) is 33.7 Å². The van der Waals surface area contributed by atoms with Gasteiger partial charge in [-0.05, 0) is 19.3 Å². The summed E-state index contributed by atoms with van der Waals surface area (Å²) in [4.78, 5) is 74.7. The second-order valence-corrected chi connectivity index (χ2v) is 8.39. The summed E-state index contributed by atoms with van der Waals surface area (Å²) in [6, 6.07) is -2.39. The van der Waals surface area contributed by atoms with E-state index in [0.717, 1.165) is 16.7 Å². The molecule has 0 saturated carbocycles. The lowest BCUT2D eigenvalue weighted by Gasteiger charge is -2.29. The quantitative estimate of drug-likeness (QED) is 0.290. The van der Waals surface area contributed by atoms with E-state index in [1.54, 1.807) is 6.92 Å². The minimum atomic E-state index is -1.33. The second-order valence-electron chi connectivity index (χ2n) is 7.31. The summed E-state index contributed by atoms with van der Waals surface area (Å²) in [6.45, 7) is 6.76. The number of thioether (sulfide) groups is 1. The molecule has 3 amide bonds. The lowest BCUT2D eigenvalue weighted by molar-refractivity contribution is -0.152. The molecule has 0 heterocycles. The van der Waals surface area contributed by atoms with Gasteiger partial charge in [0.05, 0.1) is 13.2 Å². The summed E-state index contributed by atoms with van der Waals surface area (Å²) >= 11 is 0.812. The SMILES string of the molecule is CCCOC(=O)CNC(=O)C(CSC(=O)CC)N(C(=O)CC)C(=O)CCC(N)C(=O)OCCC. The molecule has 2 unspecified atom stereocenters. The van der Waals surface area contributed by atoms with Crippen molar-refractivity contribution in [2.24, 2.45) is 5.73 Å². The van der Waals surface area contributed by atoms with Crippen molar-refractivity contribution in [1.29, 1.82) is 0 Å². The van der Waals surface area contributed by atoms with Crippen molar-refractivity contribution in [3.63, 3.8) is 0 Å². The Kier molecular flexibility index (Phi) is 16.6. The molecule has 0 aliphatic carbocycles. The van der Waals surface area contributed by atoms with Gasteiger partial charge in [-0.15, -0.1) is 0 Å². The Morgan fingerprint density at radius 3 is 2.09 bits per heavy atom. The molecular weight excluding hydrogens is 466 g/mol. The number of amides is 3. The number of hydrogen-bond donors (Lipinski definition) is 2. The first-order valence-electron chi connectivity index (χ1n) is 11.5. The van der Waals surface area contributed by atoms with Gasteiger partial charge < -0.3 is 20.5 Å². The number of nitrogens with two attached hydrogens (primary N) is 1. The predicted molar refractivity (Wildman–Crippen MR) is 126 cm³/mol. The van der Waals surface area contributed by atoms with Gasteiger partial charge in [0.25, 0.3) is 0 Å². The standard InChI is InChI=1S/C22H37N3O8S/c1-5-11-32-19(28)13-24-21(30)16(14-34-20(29)8-4)25(17(26)7-3)18(27)10-9-15(23)22(31)33-12-6-2/h15-16H,5-14,23H2,1-4H3,(H,24,30). The largest absolute Gasteiger partial charge is 0.465 e. The molecule has 0 aliphatic heterocycles. The van der Waals surface area contributed by atoms with Crippen LogP contribution in [0.2, 0.25) is 0 Å². The minimum absolute atomic E-state index is 0.0783. The van der Waals surface area contributed by atoms with E-state index in [0.29, 0.717) is 12.8 Å². The number of hydrogen-bond acceptors (Lipinski definition) is 10. The van der Waals surface area contributed by atoms with Crippen LogP contribution in [0.15, 0.2) is 0 Å². The summed E-state index contributed by atoms with van der Waals surface area (Å²) in [7, 11) is 0. The van der Waals surface area contributed by atoms with E-state index in [2.05, 4.69) is 5.32 Å². The van der Waals surface area contributed by atoms with Gasteiger partial charge in [0.15, 0.2) is 5.12 Å². The van der Waals surface area contributed by atoms with Gasteiger partial charge in [-0.1, -0.05) is 39.5 Å². The van der Waals surface area contributed by atoms with Crippen molar-refractivity contribution < 1.29 is 38.2 Å². The van der Waals surface area contributed by atoms with Crippen molar-refractivity contribution in [2.45, 2.75) is 78.3 Å². The van der Waals surface area contributed by atoms with E-state index in [1.165, 1.54) is 6.92 Å². The molecule has 0 radical (unpaired) electrons. The topological polar surface area (TPSA) is 162 Å². The molecule has 3 N–H and O–H groups in total. The van der Waals surface area contributed by atoms with Crippen LogP contribution >= 0.6 is 11.8 Å². The van der Waals surface area contributed by atoms with Crippen molar-refractivity contribution in [3.05, 3.63) is 0 Å². The maximum atomic E-state index is 13.0. The molecule has 12 heteroatoms. The maximum Gasteiger partial charge on any atom is 0.325 e. The minimum Gasteiger partial charge on any atom is -0.465 e.